The first-order valence-electron chi connectivity index (χ1n) is 6.48. The van der Waals surface area contributed by atoms with Crippen LogP contribution in [0.1, 0.15) is 6.92 Å². The molecule has 0 saturated carbocycles. The summed E-state index contributed by atoms with van der Waals surface area (Å²) in [5.74, 6) is 0. The maximum Gasteiger partial charge on any atom is 0.293 e. The van der Waals surface area contributed by atoms with E-state index in [1.54, 1.807) is 12.1 Å². The van der Waals surface area contributed by atoms with Crippen molar-refractivity contribution in [1.29, 1.82) is 0 Å². The van der Waals surface area contributed by atoms with Gasteiger partial charge in [0, 0.05) is 23.6 Å². The number of nitrogens with one attached hydrogen (secondary N) is 1. The Kier molecular flexibility index (Phi) is 4.95. The second kappa shape index (κ2) is 6.51. The molecule has 1 fully saturated rings. The van der Waals surface area contributed by atoms with E-state index in [1.165, 1.54) is 6.07 Å². The zero-order valence-corrected chi connectivity index (χ0v) is 13.1. The van der Waals surface area contributed by atoms with E-state index in [9.17, 15) is 10.1 Å². The molecule has 1 aliphatic heterocycles. The van der Waals surface area contributed by atoms with Crippen LogP contribution in [0.25, 0.3) is 0 Å². The predicted molar refractivity (Wildman–Crippen MR) is 81.1 cm³/mol. The zero-order chi connectivity index (χ0) is 14.7. The molecule has 7 heteroatoms. The lowest BCUT2D eigenvalue weighted by Crippen LogP contribution is -2.47. The highest BCUT2D eigenvalue weighted by molar-refractivity contribution is 9.10. The number of halogens is 1. The van der Waals surface area contributed by atoms with Crippen molar-refractivity contribution >= 4 is 27.3 Å². The molecule has 0 radical (unpaired) electrons. The first-order valence-corrected chi connectivity index (χ1v) is 7.27. The predicted octanol–water partition coefficient (Wildman–Crippen LogP) is 2.49. The smallest absolute Gasteiger partial charge is 0.293 e. The summed E-state index contributed by atoms with van der Waals surface area (Å²) in [5, 5.41) is 14.3. The summed E-state index contributed by atoms with van der Waals surface area (Å²) in [6.07, 6.45) is 0.0250. The van der Waals surface area contributed by atoms with Crippen molar-refractivity contribution in [3.63, 3.8) is 0 Å². The number of hydrogen-bond acceptors (Lipinski definition) is 5. The van der Waals surface area contributed by atoms with Crippen LogP contribution < -0.4 is 5.32 Å². The fraction of sp³-hybridized carbons (Fsp3) is 0.538. The van der Waals surface area contributed by atoms with E-state index in [0.717, 1.165) is 13.1 Å². The molecule has 1 N–H and O–H groups in total. The van der Waals surface area contributed by atoms with Crippen LogP contribution in [0.2, 0.25) is 0 Å². The largest absolute Gasteiger partial charge is 0.374 e. The quantitative estimate of drug-likeness (QED) is 0.671. The molecular formula is C13H18BrN3O3. The SMILES string of the molecule is CC(Nc1ccc(Br)cc1[N+](=O)[O-])C1CN(C)CCO1. The lowest BCUT2D eigenvalue weighted by molar-refractivity contribution is -0.384. The molecule has 0 amide bonds. The number of nitrogens with zero attached hydrogens (tertiary/aromatic N) is 2. The Morgan fingerprint density at radius 1 is 1.60 bits per heavy atom. The van der Waals surface area contributed by atoms with Crippen molar-refractivity contribution in [3.8, 4) is 0 Å². The highest BCUT2D eigenvalue weighted by atomic mass is 79.9. The number of hydrogen-bond donors (Lipinski definition) is 1. The van der Waals surface area contributed by atoms with Gasteiger partial charge in [0.15, 0.2) is 0 Å². The first kappa shape index (κ1) is 15.2. The topological polar surface area (TPSA) is 67.6 Å². The van der Waals surface area contributed by atoms with Gasteiger partial charge in [0.25, 0.3) is 5.69 Å². The minimum absolute atomic E-state index is 0.00220. The Hall–Kier alpha value is -1.18. The number of benzene rings is 1. The maximum absolute atomic E-state index is 11.1. The fourth-order valence-corrected chi connectivity index (χ4v) is 2.58. The van der Waals surface area contributed by atoms with Crippen molar-refractivity contribution in [2.45, 2.75) is 19.1 Å². The Labute approximate surface area is 126 Å². The number of nitro benzene ring substituents is 1. The highest BCUT2D eigenvalue weighted by Gasteiger charge is 2.25. The van der Waals surface area contributed by atoms with E-state index >= 15 is 0 Å². The van der Waals surface area contributed by atoms with Gasteiger partial charge in [-0.3, -0.25) is 10.1 Å². The summed E-state index contributed by atoms with van der Waals surface area (Å²) in [4.78, 5) is 12.9. The van der Waals surface area contributed by atoms with Crippen LogP contribution >= 0.6 is 15.9 Å². The van der Waals surface area contributed by atoms with Gasteiger partial charge in [0.2, 0.25) is 0 Å². The van der Waals surface area contributed by atoms with Gasteiger partial charge in [-0.2, -0.15) is 0 Å². The Balaban J connectivity index is 2.11. The van der Waals surface area contributed by atoms with Crippen molar-refractivity contribution < 1.29 is 9.66 Å². The van der Waals surface area contributed by atoms with Crippen LogP contribution in [0, 0.1) is 10.1 Å². The van der Waals surface area contributed by atoms with E-state index in [2.05, 4.69) is 26.1 Å². The summed E-state index contributed by atoms with van der Waals surface area (Å²) in [6.45, 7) is 4.41. The summed E-state index contributed by atoms with van der Waals surface area (Å²) >= 11 is 3.25. The second-order valence-corrected chi connectivity index (χ2v) is 5.94. The van der Waals surface area contributed by atoms with E-state index < -0.39 is 0 Å². The van der Waals surface area contributed by atoms with Crippen molar-refractivity contribution in [3.05, 3.63) is 32.8 Å². The Morgan fingerprint density at radius 2 is 2.35 bits per heavy atom. The van der Waals surface area contributed by atoms with E-state index in [0.29, 0.717) is 16.8 Å². The number of nitro groups is 1. The minimum Gasteiger partial charge on any atom is -0.374 e. The molecule has 6 nitrogen and oxygen atoms in total. The molecule has 0 aliphatic carbocycles. The van der Waals surface area contributed by atoms with Crippen LogP contribution in [0.4, 0.5) is 11.4 Å². The van der Waals surface area contributed by atoms with E-state index in [-0.39, 0.29) is 22.8 Å². The minimum atomic E-state index is -0.381. The third-order valence-corrected chi connectivity index (χ3v) is 3.89. The average molecular weight is 344 g/mol. The number of ether oxygens (including phenoxy) is 1. The molecule has 1 heterocycles. The zero-order valence-electron chi connectivity index (χ0n) is 11.5. The van der Waals surface area contributed by atoms with Gasteiger partial charge in [0.05, 0.1) is 23.7 Å². The van der Waals surface area contributed by atoms with Gasteiger partial charge in [-0.15, -0.1) is 0 Å². The number of anilines is 1. The molecule has 1 aromatic rings. The van der Waals surface area contributed by atoms with Gasteiger partial charge in [-0.1, -0.05) is 15.9 Å². The second-order valence-electron chi connectivity index (χ2n) is 5.02. The molecular weight excluding hydrogens is 326 g/mol. The summed E-state index contributed by atoms with van der Waals surface area (Å²) in [6, 6.07) is 5.00. The first-order chi connectivity index (χ1) is 9.47. The molecule has 0 spiro atoms. The molecule has 110 valence electrons. The normalized spacial score (nSPS) is 21.4. The molecule has 2 rings (SSSR count). The summed E-state index contributed by atoms with van der Waals surface area (Å²) in [7, 11) is 2.05. The van der Waals surface area contributed by atoms with Gasteiger partial charge < -0.3 is 15.0 Å². The van der Waals surface area contributed by atoms with Crippen LogP contribution in [0.5, 0.6) is 0 Å². The summed E-state index contributed by atoms with van der Waals surface area (Å²) in [5.41, 5.74) is 0.581. The Bertz CT molecular complexity index is 498. The third-order valence-electron chi connectivity index (χ3n) is 3.39. The number of morpholine rings is 1. The van der Waals surface area contributed by atoms with Crippen LogP contribution in [-0.2, 0) is 4.74 Å². The molecule has 0 bridgehead atoms. The molecule has 20 heavy (non-hydrogen) atoms. The van der Waals surface area contributed by atoms with Crippen molar-refractivity contribution in [2.75, 3.05) is 32.1 Å². The van der Waals surface area contributed by atoms with Gasteiger partial charge >= 0.3 is 0 Å². The molecule has 2 atom stereocenters. The third kappa shape index (κ3) is 3.68. The molecule has 0 aromatic heterocycles. The van der Waals surface area contributed by atoms with Crippen LogP contribution in [0.3, 0.4) is 0 Å². The highest BCUT2D eigenvalue weighted by Crippen LogP contribution is 2.29. The molecule has 2 unspecified atom stereocenters. The van der Waals surface area contributed by atoms with Gasteiger partial charge in [-0.05, 0) is 26.1 Å². The summed E-state index contributed by atoms with van der Waals surface area (Å²) < 4.78 is 6.41. The maximum atomic E-state index is 11.1. The monoisotopic (exact) mass is 343 g/mol. The number of rotatable bonds is 4. The average Bonchev–Trinajstić information content (AvgIpc) is 2.40. The lowest BCUT2D eigenvalue weighted by Gasteiger charge is -2.34. The fourth-order valence-electron chi connectivity index (χ4n) is 2.23. The van der Waals surface area contributed by atoms with Gasteiger partial charge in [-0.25, -0.2) is 0 Å². The van der Waals surface area contributed by atoms with Crippen LogP contribution in [0.15, 0.2) is 22.7 Å². The standard InChI is InChI=1S/C13H18BrN3O3/c1-9(13-8-16(2)5-6-20-13)15-11-4-3-10(14)7-12(11)17(18)19/h3-4,7,9,13,15H,5-6,8H2,1-2H3. The van der Waals surface area contributed by atoms with Crippen molar-refractivity contribution in [2.24, 2.45) is 0 Å². The molecule has 1 aliphatic rings. The molecule has 1 saturated heterocycles. The van der Waals surface area contributed by atoms with Gasteiger partial charge in [0.1, 0.15) is 5.69 Å². The molecule has 1 aromatic carbocycles. The van der Waals surface area contributed by atoms with Crippen LogP contribution in [-0.4, -0.2) is 48.7 Å². The Morgan fingerprint density at radius 3 is 3.00 bits per heavy atom. The lowest BCUT2D eigenvalue weighted by atomic mass is 10.1. The number of likely N-dealkylation sites (N-methyl/N-ethyl adjacent to an activating group) is 1. The van der Waals surface area contributed by atoms with E-state index in [4.69, 9.17) is 4.74 Å². The van der Waals surface area contributed by atoms with Crippen molar-refractivity contribution in [1.82, 2.24) is 4.90 Å². The van der Waals surface area contributed by atoms with E-state index in [1.807, 2.05) is 14.0 Å².